The van der Waals surface area contributed by atoms with Crippen molar-refractivity contribution in [1.82, 2.24) is 4.90 Å². The SMILES string of the molecule is NCC#Cc1ccc(OCCN2CCCCC2CO)cc1. The predicted molar refractivity (Wildman–Crippen MR) is 84.2 cm³/mol. The van der Waals surface area contributed by atoms with Gasteiger partial charge in [-0.15, -0.1) is 0 Å². The van der Waals surface area contributed by atoms with Gasteiger partial charge in [0, 0.05) is 18.2 Å². The van der Waals surface area contributed by atoms with Crippen LogP contribution in [0.3, 0.4) is 0 Å². The zero-order valence-corrected chi connectivity index (χ0v) is 12.4. The van der Waals surface area contributed by atoms with Crippen molar-refractivity contribution in [3.8, 4) is 17.6 Å². The van der Waals surface area contributed by atoms with Crippen LogP contribution in [-0.4, -0.2) is 48.9 Å². The van der Waals surface area contributed by atoms with E-state index in [-0.39, 0.29) is 6.61 Å². The third-order valence-electron chi connectivity index (χ3n) is 3.80. The molecule has 4 nitrogen and oxygen atoms in total. The molecule has 21 heavy (non-hydrogen) atoms. The molecule has 0 radical (unpaired) electrons. The highest BCUT2D eigenvalue weighted by Gasteiger charge is 2.20. The molecule has 1 unspecified atom stereocenters. The fraction of sp³-hybridized carbons (Fsp3) is 0.529. The first-order valence-electron chi connectivity index (χ1n) is 7.60. The van der Waals surface area contributed by atoms with Crippen molar-refractivity contribution in [2.24, 2.45) is 5.73 Å². The number of hydrogen-bond acceptors (Lipinski definition) is 4. The van der Waals surface area contributed by atoms with E-state index in [4.69, 9.17) is 10.5 Å². The summed E-state index contributed by atoms with van der Waals surface area (Å²) >= 11 is 0. The number of hydrogen-bond donors (Lipinski definition) is 2. The highest BCUT2D eigenvalue weighted by atomic mass is 16.5. The number of nitrogens with two attached hydrogens (primary N) is 1. The van der Waals surface area contributed by atoms with Crippen LogP contribution in [0.1, 0.15) is 24.8 Å². The minimum absolute atomic E-state index is 0.245. The fourth-order valence-corrected chi connectivity index (χ4v) is 2.63. The zero-order valence-electron chi connectivity index (χ0n) is 12.4. The highest BCUT2D eigenvalue weighted by Crippen LogP contribution is 2.17. The van der Waals surface area contributed by atoms with Crippen LogP contribution in [0.5, 0.6) is 5.75 Å². The average molecular weight is 288 g/mol. The van der Waals surface area contributed by atoms with Gasteiger partial charge in [-0.1, -0.05) is 18.3 Å². The van der Waals surface area contributed by atoms with Gasteiger partial charge in [-0.3, -0.25) is 4.90 Å². The lowest BCUT2D eigenvalue weighted by Crippen LogP contribution is -2.43. The summed E-state index contributed by atoms with van der Waals surface area (Å²) in [7, 11) is 0. The van der Waals surface area contributed by atoms with Crippen molar-refractivity contribution in [3.63, 3.8) is 0 Å². The Hall–Kier alpha value is -1.54. The topological polar surface area (TPSA) is 58.7 Å². The summed E-state index contributed by atoms with van der Waals surface area (Å²) in [6.45, 7) is 3.18. The Labute approximate surface area is 126 Å². The van der Waals surface area contributed by atoms with Crippen molar-refractivity contribution in [3.05, 3.63) is 29.8 Å². The maximum Gasteiger partial charge on any atom is 0.119 e. The Balaban J connectivity index is 1.77. The first-order valence-corrected chi connectivity index (χ1v) is 7.60. The van der Waals surface area contributed by atoms with E-state index < -0.39 is 0 Å². The lowest BCUT2D eigenvalue weighted by atomic mass is 10.0. The van der Waals surface area contributed by atoms with Crippen LogP contribution >= 0.6 is 0 Å². The number of benzene rings is 1. The maximum absolute atomic E-state index is 9.37. The van der Waals surface area contributed by atoms with Gasteiger partial charge in [0.15, 0.2) is 0 Å². The molecule has 1 atom stereocenters. The third kappa shape index (κ3) is 5.05. The van der Waals surface area contributed by atoms with E-state index in [9.17, 15) is 5.11 Å². The second-order valence-corrected chi connectivity index (χ2v) is 5.25. The summed E-state index contributed by atoms with van der Waals surface area (Å²) in [6, 6.07) is 8.04. The van der Waals surface area contributed by atoms with Gasteiger partial charge >= 0.3 is 0 Å². The van der Waals surface area contributed by atoms with Crippen molar-refractivity contribution in [2.75, 3.05) is 32.8 Å². The van der Waals surface area contributed by atoms with Crippen molar-refractivity contribution < 1.29 is 9.84 Å². The van der Waals surface area contributed by atoms with Gasteiger partial charge in [0.2, 0.25) is 0 Å². The van der Waals surface area contributed by atoms with Crippen molar-refractivity contribution in [1.29, 1.82) is 0 Å². The monoisotopic (exact) mass is 288 g/mol. The first kappa shape index (κ1) is 15.8. The predicted octanol–water partition coefficient (Wildman–Crippen LogP) is 1.22. The fourth-order valence-electron chi connectivity index (χ4n) is 2.63. The maximum atomic E-state index is 9.37. The largest absolute Gasteiger partial charge is 0.492 e. The van der Waals surface area contributed by atoms with E-state index in [1.165, 1.54) is 12.8 Å². The number of nitrogens with zero attached hydrogens (tertiary/aromatic N) is 1. The van der Waals surface area contributed by atoms with Gasteiger partial charge in [0.1, 0.15) is 12.4 Å². The van der Waals surface area contributed by atoms with Gasteiger partial charge in [0.25, 0.3) is 0 Å². The second kappa shape index (κ2) is 8.68. The summed E-state index contributed by atoms with van der Waals surface area (Å²) < 4.78 is 5.76. The molecule has 1 aromatic rings. The van der Waals surface area contributed by atoms with Gasteiger partial charge in [-0.25, -0.2) is 0 Å². The number of aliphatic hydroxyl groups excluding tert-OH is 1. The van der Waals surface area contributed by atoms with Crippen LogP contribution in [-0.2, 0) is 0 Å². The Morgan fingerprint density at radius 2 is 2.10 bits per heavy atom. The lowest BCUT2D eigenvalue weighted by Gasteiger charge is -2.34. The van der Waals surface area contributed by atoms with Crippen LogP contribution in [0.25, 0.3) is 0 Å². The molecule has 0 spiro atoms. The summed E-state index contributed by atoms with van der Waals surface area (Å²) in [6.07, 6.45) is 3.52. The Morgan fingerprint density at radius 1 is 1.29 bits per heavy atom. The summed E-state index contributed by atoms with van der Waals surface area (Å²) in [5.74, 6) is 6.67. The number of likely N-dealkylation sites (tertiary alicyclic amines) is 1. The second-order valence-electron chi connectivity index (χ2n) is 5.25. The molecule has 1 fully saturated rings. The van der Waals surface area contributed by atoms with Crippen LogP contribution < -0.4 is 10.5 Å². The van der Waals surface area contributed by atoms with E-state index in [2.05, 4.69) is 16.7 Å². The normalized spacial score (nSPS) is 18.9. The number of rotatable bonds is 5. The Kier molecular flexibility index (Phi) is 6.55. The molecule has 114 valence electrons. The molecule has 0 saturated carbocycles. The minimum Gasteiger partial charge on any atom is -0.492 e. The molecular formula is C17H24N2O2. The van der Waals surface area contributed by atoms with Gasteiger partial charge in [-0.2, -0.15) is 0 Å². The van der Waals surface area contributed by atoms with Gasteiger partial charge < -0.3 is 15.6 Å². The first-order chi connectivity index (χ1) is 10.3. The molecular weight excluding hydrogens is 264 g/mol. The molecule has 2 rings (SSSR count). The molecule has 3 N–H and O–H groups in total. The molecule has 4 heteroatoms. The Morgan fingerprint density at radius 3 is 2.81 bits per heavy atom. The average Bonchev–Trinajstić information content (AvgIpc) is 2.54. The number of ether oxygens (including phenoxy) is 1. The van der Waals surface area contributed by atoms with Crippen LogP contribution in [0, 0.1) is 11.8 Å². The van der Waals surface area contributed by atoms with Gasteiger partial charge in [-0.05, 0) is 43.7 Å². The molecule has 0 bridgehead atoms. The summed E-state index contributed by atoms with van der Waals surface area (Å²) in [5.41, 5.74) is 6.29. The quantitative estimate of drug-likeness (QED) is 0.800. The summed E-state index contributed by atoms with van der Waals surface area (Å²) in [4.78, 5) is 2.32. The van der Waals surface area contributed by atoms with Crippen LogP contribution in [0.2, 0.25) is 0 Å². The van der Waals surface area contributed by atoms with Crippen LogP contribution in [0.4, 0.5) is 0 Å². The van der Waals surface area contributed by atoms with E-state index in [0.29, 0.717) is 19.2 Å². The highest BCUT2D eigenvalue weighted by molar-refractivity contribution is 5.38. The number of aliphatic hydroxyl groups is 1. The van der Waals surface area contributed by atoms with E-state index in [0.717, 1.165) is 30.8 Å². The van der Waals surface area contributed by atoms with Crippen molar-refractivity contribution >= 4 is 0 Å². The van der Waals surface area contributed by atoms with E-state index in [1.807, 2.05) is 24.3 Å². The zero-order chi connectivity index (χ0) is 14.9. The smallest absolute Gasteiger partial charge is 0.119 e. The molecule has 1 aromatic carbocycles. The molecule has 1 saturated heterocycles. The standard InChI is InChI=1S/C17H24N2O2/c18-10-3-4-15-6-8-17(9-7-15)21-13-12-19-11-2-1-5-16(19)14-20/h6-9,16,20H,1-2,5,10-14,18H2. The summed E-state index contributed by atoms with van der Waals surface area (Å²) in [5, 5.41) is 9.37. The molecule has 1 aliphatic heterocycles. The molecule has 1 heterocycles. The third-order valence-corrected chi connectivity index (χ3v) is 3.80. The molecule has 1 aliphatic rings. The number of piperidine rings is 1. The van der Waals surface area contributed by atoms with Crippen LogP contribution in [0.15, 0.2) is 24.3 Å². The molecule has 0 aliphatic carbocycles. The van der Waals surface area contributed by atoms with E-state index >= 15 is 0 Å². The minimum atomic E-state index is 0.245. The molecule has 0 aromatic heterocycles. The molecule has 0 amide bonds. The van der Waals surface area contributed by atoms with Gasteiger partial charge in [0.05, 0.1) is 13.2 Å². The van der Waals surface area contributed by atoms with Crippen molar-refractivity contribution in [2.45, 2.75) is 25.3 Å². The Bertz CT molecular complexity index is 476. The lowest BCUT2D eigenvalue weighted by molar-refractivity contribution is 0.0773. The van der Waals surface area contributed by atoms with E-state index in [1.54, 1.807) is 0 Å².